The van der Waals surface area contributed by atoms with Crippen molar-refractivity contribution >= 4 is 17.1 Å². The van der Waals surface area contributed by atoms with Gasteiger partial charge in [-0.05, 0) is 50.8 Å². The Kier molecular flexibility index (Phi) is 7.41. The Hall–Kier alpha value is -2.35. The highest BCUT2D eigenvalue weighted by Gasteiger charge is 2.42. The lowest BCUT2D eigenvalue weighted by molar-refractivity contribution is 0.0632. The highest BCUT2D eigenvalue weighted by atomic mass is 19.1. The lowest BCUT2D eigenvalue weighted by Crippen LogP contribution is -2.52. The van der Waals surface area contributed by atoms with E-state index in [4.69, 9.17) is 4.74 Å². The minimum Gasteiger partial charge on any atom is -0.449 e. The van der Waals surface area contributed by atoms with Gasteiger partial charge in [0.25, 0.3) is 0 Å². The van der Waals surface area contributed by atoms with Gasteiger partial charge in [-0.25, -0.2) is 14.0 Å². The maximum Gasteiger partial charge on any atom is 0.409 e. The first-order valence-electron chi connectivity index (χ1n) is 11.5. The zero-order valence-corrected chi connectivity index (χ0v) is 19.1. The molecule has 0 aliphatic carbocycles. The SMILES string of the molecule is CC.CCCOC(=O)N1CCC(C)(N2CCC(n3c(=O)[nH]c4ccc(F)cc43)CC2)C1.[HH]. The molecule has 1 atom stereocenters. The number of imidazole rings is 1. The smallest absolute Gasteiger partial charge is 0.409 e. The number of benzene rings is 1. The summed E-state index contributed by atoms with van der Waals surface area (Å²) in [5, 5.41) is 0. The van der Waals surface area contributed by atoms with Gasteiger partial charge >= 0.3 is 11.8 Å². The van der Waals surface area contributed by atoms with E-state index < -0.39 is 0 Å². The van der Waals surface area contributed by atoms with Crippen molar-refractivity contribution in [1.29, 1.82) is 0 Å². The van der Waals surface area contributed by atoms with Gasteiger partial charge in [0.1, 0.15) is 5.82 Å². The zero-order valence-electron chi connectivity index (χ0n) is 19.1. The van der Waals surface area contributed by atoms with Gasteiger partial charge < -0.3 is 14.6 Å². The third kappa shape index (κ3) is 4.79. The van der Waals surface area contributed by atoms with Gasteiger partial charge in [0.15, 0.2) is 0 Å². The number of rotatable bonds is 4. The molecule has 1 aromatic carbocycles. The minimum absolute atomic E-state index is 0. The molecule has 1 amide bonds. The van der Waals surface area contributed by atoms with Crippen LogP contribution in [0.25, 0.3) is 11.0 Å². The predicted molar refractivity (Wildman–Crippen MR) is 122 cm³/mol. The second-order valence-corrected chi connectivity index (χ2v) is 8.46. The summed E-state index contributed by atoms with van der Waals surface area (Å²) >= 11 is 0. The fourth-order valence-corrected chi connectivity index (χ4v) is 4.76. The summed E-state index contributed by atoms with van der Waals surface area (Å²) in [4.78, 5) is 31.7. The van der Waals surface area contributed by atoms with Crippen LogP contribution >= 0.6 is 0 Å². The number of halogens is 1. The quantitative estimate of drug-likeness (QED) is 0.772. The molecule has 3 heterocycles. The minimum atomic E-state index is -0.337. The molecule has 0 spiro atoms. The van der Waals surface area contributed by atoms with Gasteiger partial charge in [0, 0.05) is 39.2 Å². The molecule has 2 aromatic rings. The highest BCUT2D eigenvalue weighted by molar-refractivity contribution is 5.75. The second-order valence-electron chi connectivity index (χ2n) is 8.46. The molecule has 1 aromatic heterocycles. The Labute approximate surface area is 184 Å². The Balaban J connectivity index is 0.00000118. The molecule has 2 saturated heterocycles. The Bertz CT molecular complexity index is 954. The molecule has 1 unspecified atom stereocenters. The lowest BCUT2D eigenvalue weighted by atomic mass is 9.94. The number of likely N-dealkylation sites (tertiary alicyclic amines) is 2. The summed E-state index contributed by atoms with van der Waals surface area (Å²) in [5.74, 6) is -0.337. The summed E-state index contributed by atoms with van der Waals surface area (Å²) in [6.45, 7) is 11.7. The molecule has 7 nitrogen and oxygen atoms in total. The van der Waals surface area contributed by atoms with Crippen molar-refractivity contribution in [2.24, 2.45) is 0 Å². The third-order valence-corrected chi connectivity index (χ3v) is 6.41. The topological polar surface area (TPSA) is 70.6 Å². The van der Waals surface area contributed by atoms with E-state index in [0.717, 1.165) is 38.8 Å². The van der Waals surface area contributed by atoms with E-state index in [1.807, 2.05) is 20.8 Å². The number of aromatic amines is 1. The maximum atomic E-state index is 13.7. The standard InChI is InChI=1S/C21H29FN4O3.C2H6.H2/c1-3-12-29-20(28)24-11-8-21(2,14-24)25-9-6-16(7-10-25)26-18-13-15(22)4-5-17(18)23-19(26)27;1-2;/h4-5,13,16H,3,6-12,14H2,1-2H3,(H,23,27);1-2H3;1H. The van der Waals surface area contributed by atoms with E-state index in [9.17, 15) is 14.0 Å². The van der Waals surface area contributed by atoms with E-state index in [1.54, 1.807) is 15.5 Å². The number of nitrogens with one attached hydrogen (secondary N) is 1. The molecule has 8 heteroatoms. The highest BCUT2D eigenvalue weighted by Crippen LogP contribution is 2.34. The van der Waals surface area contributed by atoms with Crippen molar-refractivity contribution in [3.05, 3.63) is 34.5 Å². The van der Waals surface area contributed by atoms with E-state index in [0.29, 0.717) is 30.7 Å². The van der Waals surface area contributed by atoms with Crippen molar-refractivity contribution < 1.29 is 15.3 Å². The van der Waals surface area contributed by atoms with Crippen LogP contribution < -0.4 is 5.69 Å². The van der Waals surface area contributed by atoms with E-state index in [1.165, 1.54) is 12.1 Å². The average Bonchev–Trinajstić information content (AvgIpc) is 3.34. The zero-order chi connectivity index (χ0) is 22.6. The Morgan fingerprint density at radius 2 is 2.00 bits per heavy atom. The van der Waals surface area contributed by atoms with Gasteiger partial charge in [0.2, 0.25) is 0 Å². The average molecular weight is 437 g/mol. The van der Waals surface area contributed by atoms with Gasteiger partial charge in [-0.15, -0.1) is 0 Å². The largest absolute Gasteiger partial charge is 0.449 e. The monoisotopic (exact) mass is 436 g/mol. The summed E-state index contributed by atoms with van der Waals surface area (Å²) in [7, 11) is 0. The number of carbonyl (C=O) groups is 1. The normalized spacial score (nSPS) is 22.4. The number of carbonyl (C=O) groups excluding carboxylic acids is 1. The van der Waals surface area contributed by atoms with Crippen LogP contribution in [0.4, 0.5) is 9.18 Å². The number of hydrogen-bond donors (Lipinski definition) is 1. The lowest BCUT2D eigenvalue weighted by Gasteiger charge is -2.43. The fourth-order valence-electron chi connectivity index (χ4n) is 4.76. The second kappa shape index (κ2) is 9.85. The molecule has 1 N–H and O–H groups in total. The molecular formula is C23H37FN4O3. The van der Waals surface area contributed by atoms with Crippen LogP contribution in [0.1, 0.15) is 60.8 Å². The fraction of sp³-hybridized carbons (Fsp3) is 0.652. The Morgan fingerprint density at radius 3 is 2.68 bits per heavy atom. The molecule has 2 aliphatic heterocycles. The number of nitrogens with zero attached hydrogens (tertiary/aromatic N) is 3. The first-order valence-corrected chi connectivity index (χ1v) is 11.5. The molecule has 0 bridgehead atoms. The van der Waals surface area contributed by atoms with E-state index >= 15 is 0 Å². The van der Waals surface area contributed by atoms with Crippen LogP contribution in [0.5, 0.6) is 0 Å². The molecule has 2 aliphatic rings. The van der Waals surface area contributed by atoms with Gasteiger partial charge in [-0.3, -0.25) is 9.47 Å². The van der Waals surface area contributed by atoms with E-state index in [-0.39, 0.29) is 30.6 Å². The number of hydrogen-bond acceptors (Lipinski definition) is 4. The van der Waals surface area contributed by atoms with Gasteiger partial charge in [-0.2, -0.15) is 0 Å². The Morgan fingerprint density at radius 1 is 1.29 bits per heavy atom. The number of piperidine rings is 1. The van der Waals surface area contributed by atoms with Crippen LogP contribution in [-0.2, 0) is 4.74 Å². The maximum absolute atomic E-state index is 13.7. The molecule has 0 saturated carbocycles. The summed E-state index contributed by atoms with van der Waals surface area (Å²) in [6.07, 6.45) is 3.15. The first kappa shape index (κ1) is 23.3. The summed E-state index contributed by atoms with van der Waals surface area (Å²) in [5.41, 5.74) is 1.04. The van der Waals surface area contributed by atoms with Crippen LogP contribution in [-0.4, -0.2) is 63.8 Å². The molecule has 31 heavy (non-hydrogen) atoms. The van der Waals surface area contributed by atoms with Crippen LogP contribution in [0.15, 0.2) is 23.0 Å². The molecule has 174 valence electrons. The van der Waals surface area contributed by atoms with Crippen LogP contribution in [0, 0.1) is 5.82 Å². The summed E-state index contributed by atoms with van der Waals surface area (Å²) < 4.78 is 20.7. The molecule has 0 radical (unpaired) electrons. The third-order valence-electron chi connectivity index (χ3n) is 6.41. The first-order chi connectivity index (χ1) is 14.9. The van der Waals surface area contributed by atoms with Crippen molar-refractivity contribution in [3.63, 3.8) is 0 Å². The van der Waals surface area contributed by atoms with Gasteiger partial charge in [-0.1, -0.05) is 20.8 Å². The van der Waals surface area contributed by atoms with Crippen molar-refractivity contribution in [1.82, 2.24) is 19.4 Å². The number of H-pyrrole nitrogens is 1. The number of ether oxygens (including phenoxy) is 1. The predicted octanol–water partition coefficient (Wildman–Crippen LogP) is 4.39. The molecule has 4 rings (SSSR count). The van der Waals surface area contributed by atoms with Crippen LogP contribution in [0.3, 0.4) is 0 Å². The van der Waals surface area contributed by atoms with Crippen molar-refractivity contribution in [2.75, 3.05) is 32.8 Å². The van der Waals surface area contributed by atoms with Crippen LogP contribution in [0.2, 0.25) is 0 Å². The summed E-state index contributed by atoms with van der Waals surface area (Å²) in [6, 6.07) is 4.45. The number of aromatic nitrogens is 2. The van der Waals surface area contributed by atoms with E-state index in [2.05, 4.69) is 16.8 Å². The van der Waals surface area contributed by atoms with Crippen molar-refractivity contribution in [2.45, 2.75) is 65.0 Å². The van der Waals surface area contributed by atoms with Crippen molar-refractivity contribution in [3.8, 4) is 0 Å². The number of amides is 1. The number of fused-ring (bicyclic) bond motifs is 1. The van der Waals surface area contributed by atoms with Gasteiger partial charge in [0.05, 0.1) is 17.6 Å². The molecule has 2 fully saturated rings. The molecular weight excluding hydrogens is 399 g/mol.